The van der Waals surface area contributed by atoms with Crippen molar-refractivity contribution in [3.63, 3.8) is 0 Å². The Balaban J connectivity index is 2.31. The third-order valence-corrected chi connectivity index (χ3v) is 2.99. The number of ether oxygens (including phenoxy) is 1. The van der Waals surface area contributed by atoms with Crippen LogP contribution in [0.5, 0.6) is 0 Å². The number of hydrogen-bond acceptors (Lipinski definition) is 5. The molecule has 1 rings (SSSR count). The third kappa shape index (κ3) is 3.68. The highest BCUT2D eigenvalue weighted by atomic mass is 16.5. The molecule has 3 unspecified atom stereocenters. The Kier molecular flexibility index (Phi) is 5.14. The van der Waals surface area contributed by atoms with Crippen LogP contribution in [0.1, 0.15) is 26.2 Å². The van der Waals surface area contributed by atoms with Crippen molar-refractivity contribution in [3.05, 3.63) is 6.92 Å². The van der Waals surface area contributed by atoms with Crippen LogP contribution < -0.4 is 5.73 Å². The topological polar surface area (TPSA) is 95.9 Å². The minimum Gasteiger partial charge on any atom is -0.388 e. The van der Waals surface area contributed by atoms with Crippen molar-refractivity contribution in [2.24, 2.45) is 11.7 Å². The molecule has 0 aromatic rings. The Hall–Kier alpha value is -0.200. The van der Waals surface area contributed by atoms with Crippen LogP contribution in [0.2, 0.25) is 0 Å². The van der Waals surface area contributed by atoms with Crippen molar-refractivity contribution in [2.75, 3.05) is 0 Å². The summed E-state index contributed by atoms with van der Waals surface area (Å²) in [6, 6.07) is 0. The molecule has 1 aliphatic heterocycles. The fraction of sp³-hybridized carbons (Fsp3) is 0.909. The summed E-state index contributed by atoms with van der Waals surface area (Å²) in [6.45, 7) is 7.45. The van der Waals surface area contributed by atoms with E-state index in [-0.39, 0.29) is 5.92 Å². The molecule has 0 aromatic carbocycles. The highest BCUT2D eigenvalue weighted by molar-refractivity contribution is 4.92. The molecule has 0 aliphatic carbocycles. The van der Waals surface area contributed by atoms with E-state index in [0.717, 1.165) is 6.42 Å². The molecule has 1 fully saturated rings. The van der Waals surface area contributed by atoms with Crippen LogP contribution in [-0.4, -0.2) is 46.0 Å². The number of hydrogen-bond donors (Lipinski definition) is 4. The van der Waals surface area contributed by atoms with E-state index in [0.29, 0.717) is 12.8 Å². The van der Waals surface area contributed by atoms with Gasteiger partial charge in [0.05, 0.1) is 12.2 Å². The SMILES string of the molecule is [CH][C@@H]1O[C@H](CC(C)CCC(N)O)[C@H](O)C1O. The van der Waals surface area contributed by atoms with E-state index in [2.05, 4.69) is 0 Å². The van der Waals surface area contributed by atoms with E-state index in [1.165, 1.54) is 0 Å². The summed E-state index contributed by atoms with van der Waals surface area (Å²) in [7, 11) is 0. The molecule has 6 atom stereocenters. The zero-order valence-electron chi connectivity index (χ0n) is 9.49. The average Bonchev–Trinajstić information content (AvgIpc) is 2.43. The number of nitrogens with two attached hydrogens (primary N) is 1. The van der Waals surface area contributed by atoms with Crippen LogP contribution >= 0.6 is 0 Å². The molecule has 0 saturated carbocycles. The Morgan fingerprint density at radius 1 is 1.31 bits per heavy atom. The predicted molar refractivity (Wildman–Crippen MR) is 58.2 cm³/mol. The van der Waals surface area contributed by atoms with E-state index in [9.17, 15) is 10.2 Å². The lowest BCUT2D eigenvalue weighted by Crippen LogP contribution is -2.32. The molecular formula is C11H21NO4. The molecule has 5 heteroatoms. The van der Waals surface area contributed by atoms with Crippen LogP contribution in [0.25, 0.3) is 0 Å². The number of rotatable bonds is 5. The van der Waals surface area contributed by atoms with Crippen LogP contribution in [0.4, 0.5) is 0 Å². The van der Waals surface area contributed by atoms with Crippen molar-refractivity contribution >= 4 is 0 Å². The molecule has 0 amide bonds. The van der Waals surface area contributed by atoms with E-state index in [1.807, 2.05) is 6.92 Å². The normalized spacial score (nSPS) is 38.6. The summed E-state index contributed by atoms with van der Waals surface area (Å²) in [5.41, 5.74) is 5.24. The fourth-order valence-electron chi connectivity index (χ4n) is 1.94. The quantitative estimate of drug-likeness (QED) is 0.468. The second kappa shape index (κ2) is 5.93. The molecule has 5 N–H and O–H groups in total. The van der Waals surface area contributed by atoms with E-state index in [1.54, 1.807) is 0 Å². The molecule has 1 aliphatic rings. The van der Waals surface area contributed by atoms with Gasteiger partial charge < -0.3 is 25.8 Å². The molecule has 0 spiro atoms. The molecule has 0 bridgehead atoms. The maximum Gasteiger partial charge on any atom is 0.109 e. The summed E-state index contributed by atoms with van der Waals surface area (Å²) in [4.78, 5) is 0. The Bertz CT molecular complexity index is 212. The average molecular weight is 231 g/mol. The maximum absolute atomic E-state index is 9.63. The van der Waals surface area contributed by atoms with Crippen LogP contribution in [0.3, 0.4) is 0 Å². The monoisotopic (exact) mass is 231 g/mol. The second-order valence-corrected chi connectivity index (χ2v) is 4.61. The minimum absolute atomic E-state index is 0.246. The standard InChI is InChI=1S/C11H21NO4/c1-6(3-4-9(12)13)5-8-11(15)10(14)7(2)16-8/h2,6-11,13-15H,3-5,12H2,1H3/t6?,7-,8+,9?,10?,11-/m0/s1. The summed E-state index contributed by atoms with van der Waals surface area (Å²) in [5.74, 6) is 0.246. The molecule has 2 radical (unpaired) electrons. The maximum atomic E-state index is 9.63. The van der Waals surface area contributed by atoms with Crippen LogP contribution in [0, 0.1) is 12.8 Å². The molecule has 1 saturated heterocycles. The van der Waals surface area contributed by atoms with Gasteiger partial charge in [0.2, 0.25) is 0 Å². The predicted octanol–water partition coefficient (Wildman–Crippen LogP) is -0.730. The van der Waals surface area contributed by atoms with Crippen LogP contribution in [-0.2, 0) is 4.74 Å². The summed E-state index contributed by atoms with van der Waals surface area (Å²) >= 11 is 0. The van der Waals surface area contributed by atoms with Crippen molar-refractivity contribution < 1.29 is 20.1 Å². The molecule has 0 aromatic heterocycles. The van der Waals surface area contributed by atoms with E-state index < -0.39 is 30.6 Å². The Morgan fingerprint density at radius 3 is 2.38 bits per heavy atom. The van der Waals surface area contributed by atoms with Gasteiger partial charge in [0.15, 0.2) is 0 Å². The number of aliphatic hydroxyl groups is 3. The van der Waals surface area contributed by atoms with Crippen molar-refractivity contribution in [1.29, 1.82) is 0 Å². The van der Waals surface area contributed by atoms with E-state index >= 15 is 0 Å². The minimum atomic E-state index is -1.02. The van der Waals surface area contributed by atoms with Gasteiger partial charge >= 0.3 is 0 Å². The highest BCUT2D eigenvalue weighted by Gasteiger charge is 2.40. The lowest BCUT2D eigenvalue weighted by Gasteiger charge is -2.19. The summed E-state index contributed by atoms with van der Waals surface area (Å²) in [6.07, 6.45) is -2.14. The van der Waals surface area contributed by atoms with Crippen LogP contribution in [0.15, 0.2) is 0 Å². The second-order valence-electron chi connectivity index (χ2n) is 4.61. The summed E-state index contributed by atoms with van der Waals surface area (Å²) in [5, 5.41) is 28.0. The van der Waals surface area contributed by atoms with Gasteiger partial charge in [0, 0.05) is 0 Å². The van der Waals surface area contributed by atoms with Gasteiger partial charge in [-0.05, 0) is 32.1 Å². The molecule has 1 heterocycles. The first-order chi connectivity index (χ1) is 7.41. The third-order valence-electron chi connectivity index (χ3n) is 2.99. The molecule has 16 heavy (non-hydrogen) atoms. The lowest BCUT2D eigenvalue weighted by atomic mass is 9.95. The van der Waals surface area contributed by atoms with Gasteiger partial charge in [-0.3, -0.25) is 0 Å². The fourth-order valence-corrected chi connectivity index (χ4v) is 1.94. The van der Waals surface area contributed by atoms with E-state index in [4.69, 9.17) is 22.5 Å². The van der Waals surface area contributed by atoms with Crippen molar-refractivity contribution in [1.82, 2.24) is 0 Å². The lowest BCUT2D eigenvalue weighted by molar-refractivity contribution is 0.00609. The first kappa shape index (κ1) is 13.9. The van der Waals surface area contributed by atoms with Crippen molar-refractivity contribution in [3.8, 4) is 0 Å². The summed E-state index contributed by atoms with van der Waals surface area (Å²) < 4.78 is 5.25. The highest BCUT2D eigenvalue weighted by Crippen LogP contribution is 2.27. The zero-order chi connectivity index (χ0) is 12.3. The van der Waals surface area contributed by atoms with Gasteiger partial charge in [-0.1, -0.05) is 6.92 Å². The Morgan fingerprint density at radius 2 is 1.94 bits per heavy atom. The van der Waals surface area contributed by atoms with Gasteiger partial charge in [-0.25, -0.2) is 0 Å². The molecule has 5 nitrogen and oxygen atoms in total. The van der Waals surface area contributed by atoms with Gasteiger partial charge in [-0.2, -0.15) is 0 Å². The number of aliphatic hydroxyl groups excluding tert-OH is 3. The largest absolute Gasteiger partial charge is 0.388 e. The van der Waals surface area contributed by atoms with Gasteiger partial charge in [0.25, 0.3) is 0 Å². The first-order valence-corrected chi connectivity index (χ1v) is 5.62. The Labute approximate surface area is 96.2 Å². The van der Waals surface area contributed by atoms with Crippen molar-refractivity contribution in [2.45, 2.75) is 56.8 Å². The van der Waals surface area contributed by atoms with Gasteiger partial charge in [0.1, 0.15) is 18.4 Å². The first-order valence-electron chi connectivity index (χ1n) is 5.62. The smallest absolute Gasteiger partial charge is 0.109 e. The molecular weight excluding hydrogens is 210 g/mol. The zero-order valence-corrected chi connectivity index (χ0v) is 9.49. The molecule has 94 valence electrons. The van der Waals surface area contributed by atoms with Gasteiger partial charge in [-0.15, -0.1) is 0 Å².